The standard InChI is InChI=1S/C13H14FN3O3/c1-7-4-10(8(14)5-9(7)15)20-13-16-11(18-2)6-12(17-13)19-3/h4-6H,15H2,1-3H3. The highest BCUT2D eigenvalue weighted by molar-refractivity contribution is 5.50. The predicted octanol–water partition coefficient (Wildman–Crippen LogP) is 2.32. The van der Waals surface area contributed by atoms with E-state index in [9.17, 15) is 4.39 Å². The van der Waals surface area contributed by atoms with Crippen LogP contribution in [0.2, 0.25) is 0 Å². The van der Waals surface area contributed by atoms with E-state index >= 15 is 0 Å². The van der Waals surface area contributed by atoms with Gasteiger partial charge in [-0.05, 0) is 18.6 Å². The number of halogens is 1. The van der Waals surface area contributed by atoms with Crippen molar-refractivity contribution in [2.75, 3.05) is 20.0 Å². The van der Waals surface area contributed by atoms with Crippen LogP contribution in [0.4, 0.5) is 10.1 Å². The molecular weight excluding hydrogens is 265 g/mol. The Morgan fingerprint density at radius 2 is 1.65 bits per heavy atom. The molecule has 0 saturated heterocycles. The van der Waals surface area contributed by atoms with Crippen molar-refractivity contribution in [2.24, 2.45) is 0 Å². The molecule has 7 heteroatoms. The third-order valence-electron chi connectivity index (χ3n) is 2.60. The largest absolute Gasteiger partial charge is 0.481 e. The predicted molar refractivity (Wildman–Crippen MR) is 70.8 cm³/mol. The van der Waals surface area contributed by atoms with E-state index in [0.717, 1.165) is 0 Å². The van der Waals surface area contributed by atoms with E-state index in [-0.39, 0.29) is 23.5 Å². The minimum atomic E-state index is -0.599. The SMILES string of the molecule is COc1cc(OC)nc(Oc2cc(C)c(N)cc2F)n1. The lowest BCUT2D eigenvalue weighted by molar-refractivity contribution is 0.343. The molecule has 0 radical (unpaired) electrons. The lowest BCUT2D eigenvalue weighted by atomic mass is 10.2. The third kappa shape index (κ3) is 2.87. The van der Waals surface area contributed by atoms with Crippen LogP contribution in [0.3, 0.4) is 0 Å². The van der Waals surface area contributed by atoms with Gasteiger partial charge in [0.15, 0.2) is 11.6 Å². The first-order chi connectivity index (χ1) is 9.53. The fourth-order valence-electron chi connectivity index (χ4n) is 1.49. The van der Waals surface area contributed by atoms with Crippen molar-refractivity contribution < 1.29 is 18.6 Å². The third-order valence-corrected chi connectivity index (χ3v) is 2.60. The molecule has 2 aromatic rings. The Labute approximate surface area is 115 Å². The number of hydrogen-bond acceptors (Lipinski definition) is 6. The van der Waals surface area contributed by atoms with Gasteiger partial charge in [0, 0.05) is 11.8 Å². The van der Waals surface area contributed by atoms with E-state index in [1.807, 2.05) is 0 Å². The number of methoxy groups -OCH3 is 2. The molecule has 0 atom stereocenters. The van der Waals surface area contributed by atoms with Gasteiger partial charge in [-0.3, -0.25) is 0 Å². The molecule has 0 aliphatic heterocycles. The summed E-state index contributed by atoms with van der Waals surface area (Å²) < 4.78 is 29.0. The fraction of sp³-hybridized carbons (Fsp3) is 0.231. The highest BCUT2D eigenvalue weighted by atomic mass is 19.1. The first-order valence-corrected chi connectivity index (χ1v) is 5.74. The molecule has 0 aliphatic rings. The minimum absolute atomic E-state index is 0.0213. The number of nitrogens with zero attached hydrogens (tertiary/aromatic N) is 2. The highest BCUT2D eigenvalue weighted by Crippen LogP contribution is 2.28. The second-order valence-electron chi connectivity index (χ2n) is 3.98. The Hall–Kier alpha value is -2.57. The number of ether oxygens (including phenoxy) is 3. The van der Waals surface area contributed by atoms with E-state index in [1.165, 1.54) is 32.4 Å². The Balaban J connectivity index is 2.36. The van der Waals surface area contributed by atoms with Crippen LogP contribution < -0.4 is 19.9 Å². The molecule has 1 aromatic carbocycles. The van der Waals surface area contributed by atoms with Crippen LogP contribution >= 0.6 is 0 Å². The molecule has 20 heavy (non-hydrogen) atoms. The van der Waals surface area contributed by atoms with Crippen molar-refractivity contribution in [3.05, 3.63) is 29.6 Å². The molecule has 2 rings (SSSR count). The van der Waals surface area contributed by atoms with Gasteiger partial charge in [0.1, 0.15) is 0 Å². The quantitative estimate of drug-likeness (QED) is 0.865. The smallest absolute Gasteiger partial charge is 0.328 e. The van der Waals surface area contributed by atoms with Gasteiger partial charge in [-0.2, -0.15) is 9.97 Å². The van der Waals surface area contributed by atoms with E-state index < -0.39 is 5.82 Å². The van der Waals surface area contributed by atoms with Crippen LogP contribution in [0, 0.1) is 12.7 Å². The van der Waals surface area contributed by atoms with Gasteiger partial charge in [-0.25, -0.2) is 4.39 Å². The highest BCUT2D eigenvalue weighted by Gasteiger charge is 2.12. The molecule has 0 aliphatic carbocycles. The van der Waals surface area contributed by atoms with E-state index in [4.69, 9.17) is 19.9 Å². The van der Waals surface area contributed by atoms with Crippen molar-refractivity contribution in [3.8, 4) is 23.5 Å². The van der Waals surface area contributed by atoms with Gasteiger partial charge >= 0.3 is 6.01 Å². The van der Waals surface area contributed by atoms with Gasteiger partial charge in [0.25, 0.3) is 0 Å². The number of hydrogen-bond donors (Lipinski definition) is 1. The summed E-state index contributed by atoms with van der Waals surface area (Å²) in [4.78, 5) is 7.91. The fourth-order valence-corrected chi connectivity index (χ4v) is 1.49. The number of rotatable bonds is 4. The maximum atomic E-state index is 13.8. The van der Waals surface area contributed by atoms with Crippen LogP contribution in [0.25, 0.3) is 0 Å². The minimum Gasteiger partial charge on any atom is -0.481 e. The van der Waals surface area contributed by atoms with Gasteiger partial charge in [-0.1, -0.05) is 0 Å². The molecule has 106 valence electrons. The Bertz CT molecular complexity index is 612. The molecule has 0 spiro atoms. The Kier molecular flexibility index (Phi) is 3.88. The molecular formula is C13H14FN3O3. The monoisotopic (exact) mass is 279 g/mol. The van der Waals surface area contributed by atoms with Crippen LogP contribution in [-0.4, -0.2) is 24.2 Å². The summed E-state index contributed by atoms with van der Waals surface area (Å²) in [6.45, 7) is 1.74. The van der Waals surface area contributed by atoms with Gasteiger partial charge in [0.05, 0.1) is 20.3 Å². The van der Waals surface area contributed by atoms with Gasteiger partial charge in [0.2, 0.25) is 11.8 Å². The number of nitrogens with two attached hydrogens (primary N) is 1. The second-order valence-corrected chi connectivity index (χ2v) is 3.98. The Morgan fingerprint density at radius 1 is 1.05 bits per heavy atom. The zero-order valence-corrected chi connectivity index (χ0v) is 11.3. The van der Waals surface area contributed by atoms with E-state index in [1.54, 1.807) is 6.92 Å². The number of anilines is 1. The zero-order valence-electron chi connectivity index (χ0n) is 11.3. The molecule has 2 N–H and O–H groups in total. The summed E-state index contributed by atoms with van der Waals surface area (Å²) in [5.74, 6) is -0.121. The average Bonchev–Trinajstić information content (AvgIpc) is 2.44. The topological polar surface area (TPSA) is 79.5 Å². The van der Waals surface area contributed by atoms with Crippen molar-refractivity contribution in [1.29, 1.82) is 0 Å². The summed E-state index contributed by atoms with van der Waals surface area (Å²) in [5.41, 5.74) is 6.64. The molecule has 0 bridgehead atoms. The molecule has 0 amide bonds. The number of aryl methyl sites for hydroxylation is 1. The van der Waals surface area contributed by atoms with Crippen LogP contribution in [0.15, 0.2) is 18.2 Å². The van der Waals surface area contributed by atoms with Crippen molar-refractivity contribution in [1.82, 2.24) is 9.97 Å². The number of nitrogen functional groups attached to an aromatic ring is 1. The van der Waals surface area contributed by atoms with Gasteiger partial charge in [-0.15, -0.1) is 0 Å². The molecule has 1 heterocycles. The van der Waals surface area contributed by atoms with Crippen LogP contribution in [-0.2, 0) is 0 Å². The molecule has 0 fully saturated rings. The van der Waals surface area contributed by atoms with Crippen molar-refractivity contribution >= 4 is 5.69 Å². The lowest BCUT2D eigenvalue weighted by Crippen LogP contribution is -2.00. The first-order valence-electron chi connectivity index (χ1n) is 5.74. The average molecular weight is 279 g/mol. The first kappa shape index (κ1) is 13.9. The molecule has 6 nitrogen and oxygen atoms in total. The summed E-state index contributed by atoms with van der Waals surface area (Å²) >= 11 is 0. The second kappa shape index (κ2) is 5.60. The summed E-state index contributed by atoms with van der Waals surface area (Å²) in [5, 5.41) is 0. The van der Waals surface area contributed by atoms with Crippen molar-refractivity contribution in [3.63, 3.8) is 0 Å². The van der Waals surface area contributed by atoms with Crippen molar-refractivity contribution in [2.45, 2.75) is 6.92 Å². The summed E-state index contributed by atoms with van der Waals surface area (Å²) in [6.07, 6.45) is 0. The molecule has 0 saturated carbocycles. The molecule has 0 unspecified atom stereocenters. The summed E-state index contributed by atoms with van der Waals surface area (Å²) in [6, 6.07) is 4.06. The number of aromatic nitrogens is 2. The Morgan fingerprint density at radius 3 is 2.20 bits per heavy atom. The van der Waals surface area contributed by atoms with E-state index in [2.05, 4.69) is 9.97 Å². The van der Waals surface area contributed by atoms with Crippen LogP contribution in [0.5, 0.6) is 23.5 Å². The normalized spacial score (nSPS) is 10.2. The summed E-state index contributed by atoms with van der Waals surface area (Å²) in [7, 11) is 2.89. The maximum Gasteiger partial charge on any atom is 0.328 e. The number of benzene rings is 1. The zero-order chi connectivity index (χ0) is 14.7. The van der Waals surface area contributed by atoms with Gasteiger partial charge < -0.3 is 19.9 Å². The maximum absolute atomic E-state index is 13.8. The molecule has 1 aromatic heterocycles. The van der Waals surface area contributed by atoms with E-state index in [0.29, 0.717) is 11.3 Å². The lowest BCUT2D eigenvalue weighted by Gasteiger charge is -2.09. The van der Waals surface area contributed by atoms with Crippen LogP contribution in [0.1, 0.15) is 5.56 Å².